The molecule has 0 saturated carbocycles. The van der Waals surface area contributed by atoms with Crippen molar-refractivity contribution in [2.75, 3.05) is 19.6 Å². The lowest BCUT2D eigenvalue weighted by Crippen LogP contribution is -2.36. The maximum atomic E-state index is 13.9. The lowest BCUT2D eigenvalue weighted by atomic mass is 10.0. The van der Waals surface area contributed by atoms with Crippen LogP contribution in [0.15, 0.2) is 65.6 Å². The number of fused-ring (bicyclic) bond motifs is 5. The van der Waals surface area contributed by atoms with E-state index < -0.39 is 11.5 Å². The number of amides is 1. The second-order valence-electron chi connectivity index (χ2n) is 8.49. The summed E-state index contributed by atoms with van der Waals surface area (Å²) in [6.45, 7) is 0. The molecule has 0 atom stereocenters. The van der Waals surface area contributed by atoms with Gasteiger partial charge in [-0.25, -0.2) is 9.66 Å². The Hall–Kier alpha value is -5.32. The molecule has 3 aromatic heterocycles. The molecule has 11 heteroatoms. The number of carbonyl (C=O) groups is 2. The fraction of sp³-hybridized carbons (Fsp3) is 0.111. The van der Waals surface area contributed by atoms with E-state index in [-0.39, 0.29) is 29.2 Å². The first-order chi connectivity index (χ1) is 18.5. The minimum absolute atomic E-state index is 0.115. The van der Waals surface area contributed by atoms with Crippen molar-refractivity contribution in [2.45, 2.75) is 6.42 Å². The summed E-state index contributed by atoms with van der Waals surface area (Å²) >= 11 is 0. The molecule has 3 heterocycles. The highest BCUT2D eigenvalue weighted by Gasteiger charge is 2.34. The Morgan fingerprint density at radius 2 is 1.79 bits per heavy atom. The summed E-state index contributed by atoms with van der Waals surface area (Å²) in [5.41, 5.74) is 4.21. The molecule has 0 unspecified atom stereocenters. The molecular weight excluding hydrogens is 488 g/mol. The molecule has 0 radical (unpaired) electrons. The van der Waals surface area contributed by atoms with Gasteiger partial charge in [0.1, 0.15) is 11.5 Å². The van der Waals surface area contributed by atoms with Gasteiger partial charge in [-0.15, -0.1) is 0 Å². The Morgan fingerprint density at radius 3 is 2.53 bits per heavy atom. The zero-order chi connectivity index (χ0) is 26.4. The van der Waals surface area contributed by atoms with E-state index in [1.165, 1.54) is 14.2 Å². The minimum Gasteiger partial charge on any atom is -0.493 e. The van der Waals surface area contributed by atoms with Crippen LogP contribution in [0.1, 0.15) is 21.7 Å². The van der Waals surface area contributed by atoms with Crippen LogP contribution in [0.5, 0.6) is 11.5 Å². The highest BCUT2D eigenvalue weighted by molar-refractivity contribution is 6.27. The zero-order valence-corrected chi connectivity index (χ0v) is 20.3. The van der Waals surface area contributed by atoms with Gasteiger partial charge in [0.2, 0.25) is 5.91 Å². The predicted molar refractivity (Wildman–Crippen MR) is 138 cm³/mol. The van der Waals surface area contributed by atoms with Gasteiger partial charge in [-0.05, 0) is 24.3 Å². The smallest absolute Gasteiger partial charge is 0.281 e. The number of aromatic amines is 1. The van der Waals surface area contributed by atoms with E-state index in [2.05, 4.69) is 25.6 Å². The number of hydrogen-bond acceptors (Lipinski definition) is 8. The van der Waals surface area contributed by atoms with Gasteiger partial charge in [0, 0.05) is 22.7 Å². The maximum Gasteiger partial charge on any atom is 0.281 e. The monoisotopic (exact) mass is 508 g/mol. The van der Waals surface area contributed by atoms with E-state index in [9.17, 15) is 14.4 Å². The molecular formula is C27H20N6O5. The molecule has 0 bridgehead atoms. The molecule has 2 aromatic carbocycles. The first kappa shape index (κ1) is 23.1. The number of ether oxygens (including phenoxy) is 2. The fourth-order valence-corrected chi connectivity index (χ4v) is 4.71. The van der Waals surface area contributed by atoms with Crippen molar-refractivity contribution >= 4 is 22.5 Å². The number of rotatable bonds is 6. The van der Waals surface area contributed by atoms with E-state index in [0.717, 1.165) is 4.68 Å². The zero-order valence-electron chi connectivity index (χ0n) is 20.3. The minimum atomic E-state index is -0.570. The van der Waals surface area contributed by atoms with Crippen LogP contribution < -0.4 is 20.5 Å². The Morgan fingerprint density at radius 1 is 1.00 bits per heavy atom. The summed E-state index contributed by atoms with van der Waals surface area (Å²) < 4.78 is 12.0. The number of nitrogens with zero attached hydrogens (tertiary/aromatic N) is 4. The highest BCUT2D eigenvalue weighted by atomic mass is 16.5. The quantitative estimate of drug-likeness (QED) is 0.350. The van der Waals surface area contributed by atoms with Crippen LogP contribution in [0.4, 0.5) is 0 Å². The van der Waals surface area contributed by atoms with Crippen LogP contribution in [0.2, 0.25) is 0 Å². The number of carbonyl (C=O) groups excluding carboxylic acids is 2. The summed E-state index contributed by atoms with van der Waals surface area (Å²) in [6.07, 6.45) is 1.41. The number of methoxy groups -OCH3 is 2. The van der Waals surface area contributed by atoms with E-state index in [0.29, 0.717) is 45.0 Å². The van der Waals surface area contributed by atoms with E-state index in [1.54, 1.807) is 60.8 Å². The van der Waals surface area contributed by atoms with Crippen LogP contribution in [-0.4, -0.2) is 50.8 Å². The van der Waals surface area contributed by atoms with Gasteiger partial charge in [-0.3, -0.25) is 29.9 Å². The fourth-order valence-electron chi connectivity index (χ4n) is 4.71. The molecule has 0 saturated heterocycles. The third-order valence-corrected chi connectivity index (χ3v) is 6.34. The number of hydrogen-bond donors (Lipinski definition) is 2. The van der Waals surface area contributed by atoms with Gasteiger partial charge < -0.3 is 9.47 Å². The second-order valence-corrected chi connectivity index (χ2v) is 8.49. The summed E-state index contributed by atoms with van der Waals surface area (Å²) in [4.78, 5) is 49.1. The number of aromatic nitrogens is 5. The molecule has 1 aliphatic carbocycles. The van der Waals surface area contributed by atoms with Crippen molar-refractivity contribution in [2.24, 2.45) is 0 Å². The molecule has 0 aliphatic heterocycles. The number of nitrogens with one attached hydrogen (secondary N) is 2. The average Bonchev–Trinajstić information content (AvgIpc) is 3.53. The maximum absolute atomic E-state index is 13.9. The molecule has 11 nitrogen and oxygen atoms in total. The molecule has 38 heavy (non-hydrogen) atoms. The van der Waals surface area contributed by atoms with Crippen LogP contribution in [-0.2, 0) is 11.2 Å². The van der Waals surface area contributed by atoms with Crippen molar-refractivity contribution in [3.63, 3.8) is 0 Å². The van der Waals surface area contributed by atoms with Crippen LogP contribution in [0.3, 0.4) is 0 Å². The third kappa shape index (κ3) is 3.52. The molecule has 188 valence electrons. The van der Waals surface area contributed by atoms with Crippen LogP contribution in [0, 0.1) is 0 Å². The lowest BCUT2D eigenvalue weighted by molar-refractivity contribution is -0.116. The predicted octanol–water partition coefficient (Wildman–Crippen LogP) is 2.72. The van der Waals surface area contributed by atoms with E-state index in [4.69, 9.17) is 9.47 Å². The van der Waals surface area contributed by atoms with Crippen molar-refractivity contribution < 1.29 is 19.1 Å². The topological polar surface area (TPSA) is 141 Å². The van der Waals surface area contributed by atoms with Crippen LogP contribution in [0.25, 0.3) is 33.5 Å². The van der Waals surface area contributed by atoms with Crippen molar-refractivity contribution in [3.8, 4) is 34.3 Å². The molecule has 5 aromatic rings. The number of ketones is 1. The van der Waals surface area contributed by atoms with Gasteiger partial charge in [0.25, 0.3) is 5.56 Å². The third-order valence-electron chi connectivity index (χ3n) is 6.34. The number of pyridine rings is 2. The molecule has 6 rings (SSSR count). The first-order valence-electron chi connectivity index (χ1n) is 11.6. The van der Waals surface area contributed by atoms with E-state index >= 15 is 0 Å². The molecule has 0 fully saturated rings. The average molecular weight is 508 g/mol. The van der Waals surface area contributed by atoms with Crippen molar-refractivity contribution in [3.05, 3.63) is 88.1 Å². The van der Waals surface area contributed by atoms with Gasteiger partial charge in [-0.2, -0.15) is 5.10 Å². The SMILES string of the molecule is COc1ccc2c3c(n(NC(=O)Cc4nc(-c5ccccn5)n[nH]4)c(=O)c2c1OC)-c1ccccc1C3=O. The summed E-state index contributed by atoms with van der Waals surface area (Å²) in [6, 6.07) is 15.6. The highest BCUT2D eigenvalue weighted by Crippen LogP contribution is 2.42. The summed E-state index contributed by atoms with van der Waals surface area (Å²) in [5.74, 6) is 0.307. The largest absolute Gasteiger partial charge is 0.493 e. The normalized spacial score (nSPS) is 11.8. The molecule has 1 aliphatic rings. The lowest BCUT2D eigenvalue weighted by Gasteiger charge is -2.18. The van der Waals surface area contributed by atoms with Gasteiger partial charge in [0.05, 0.1) is 37.3 Å². The van der Waals surface area contributed by atoms with Gasteiger partial charge >= 0.3 is 0 Å². The standard InChI is InChI=1S/C27H20N6O5/c1-37-18-11-10-16-21-23(14-7-3-4-8-15(14)24(21)35)33(27(36)22(16)25(18)38-2)32-20(34)13-19-29-26(31-30-19)17-9-5-6-12-28-17/h3-12H,13H2,1-2H3,(H,32,34)(H,29,30,31). The summed E-state index contributed by atoms with van der Waals surface area (Å²) in [7, 11) is 2.86. The first-order valence-corrected chi connectivity index (χ1v) is 11.6. The second kappa shape index (κ2) is 8.96. The van der Waals surface area contributed by atoms with Crippen LogP contribution >= 0.6 is 0 Å². The van der Waals surface area contributed by atoms with Crippen molar-refractivity contribution in [1.82, 2.24) is 24.8 Å². The van der Waals surface area contributed by atoms with Gasteiger partial charge in [-0.1, -0.05) is 30.3 Å². The Balaban J connectivity index is 1.47. The molecule has 2 N–H and O–H groups in total. The number of benzene rings is 2. The van der Waals surface area contributed by atoms with Crippen molar-refractivity contribution in [1.29, 1.82) is 0 Å². The summed E-state index contributed by atoms with van der Waals surface area (Å²) in [5, 5.41) is 7.38. The molecule has 1 amide bonds. The van der Waals surface area contributed by atoms with E-state index in [1.807, 2.05) is 0 Å². The Kier molecular flexibility index (Phi) is 5.45. The Labute approximate surface area is 215 Å². The Bertz CT molecular complexity index is 1810. The number of H-pyrrole nitrogens is 1. The molecule has 0 spiro atoms. The van der Waals surface area contributed by atoms with Gasteiger partial charge in [0.15, 0.2) is 23.1 Å².